The molecule has 1 aliphatic heterocycles. The average Bonchev–Trinajstić information content (AvgIpc) is 3.09. The highest BCUT2D eigenvalue weighted by Crippen LogP contribution is 2.32. The van der Waals surface area contributed by atoms with Gasteiger partial charge in [0, 0.05) is 39.3 Å². The molecule has 2 fully saturated rings. The number of rotatable bonds is 6. The number of nitrogens with zero attached hydrogens (tertiary/aromatic N) is 2. The largest absolute Gasteiger partial charge is 0.488 e. The minimum Gasteiger partial charge on any atom is -0.488 e. The smallest absolute Gasteiger partial charge is 0.143 e. The van der Waals surface area contributed by atoms with Crippen LogP contribution in [-0.4, -0.2) is 61.5 Å². The Hall–Kier alpha value is -1.30. The number of hydrogen-bond acceptors (Lipinski definition) is 5. The van der Waals surface area contributed by atoms with Gasteiger partial charge in [0.2, 0.25) is 0 Å². The molecule has 1 aromatic carbocycles. The van der Waals surface area contributed by atoms with Gasteiger partial charge in [0.1, 0.15) is 5.75 Å². The second kappa shape index (κ2) is 7.99. The van der Waals surface area contributed by atoms with Crippen molar-refractivity contribution >= 4 is 5.69 Å². The van der Waals surface area contributed by atoms with E-state index in [4.69, 9.17) is 10.5 Å². The highest BCUT2D eigenvalue weighted by Gasteiger charge is 2.23. The van der Waals surface area contributed by atoms with Gasteiger partial charge in [-0.25, -0.2) is 0 Å². The van der Waals surface area contributed by atoms with E-state index in [1.54, 1.807) is 0 Å². The van der Waals surface area contributed by atoms with Crippen molar-refractivity contribution in [3.05, 3.63) is 24.3 Å². The van der Waals surface area contributed by atoms with Crippen LogP contribution in [0.25, 0.3) is 0 Å². The molecule has 0 radical (unpaired) electrons. The molecule has 1 saturated heterocycles. The van der Waals surface area contributed by atoms with Crippen LogP contribution < -0.4 is 15.4 Å². The van der Waals surface area contributed by atoms with E-state index in [0.29, 0.717) is 19.2 Å². The molecule has 5 heteroatoms. The lowest BCUT2D eigenvalue weighted by molar-refractivity contribution is 0.115. The van der Waals surface area contributed by atoms with Crippen molar-refractivity contribution in [2.45, 2.75) is 37.9 Å². The molecular weight excluding hydrogens is 290 g/mol. The predicted molar refractivity (Wildman–Crippen MR) is 93.0 cm³/mol. The fourth-order valence-electron chi connectivity index (χ4n) is 3.55. The number of anilines is 1. The van der Waals surface area contributed by atoms with Gasteiger partial charge in [-0.15, -0.1) is 0 Å². The number of benzene rings is 1. The van der Waals surface area contributed by atoms with E-state index in [2.05, 4.69) is 34.1 Å². The molecular formula is C18H29N3O2. The Labute approximate surface area is 139 Å². The van der Waals surface area contributed by atoms with Gasteiger partial charge in [-0.05, 0) is 37.8 Å². The molecule has 0 bridgehead atoms. The minimum absolute atomic E-state index is 0.332. The SMILES string of the molecule is NCC(O)CN1CCN(c2ccccc2OC2CCCC2)CC1. The van der Waals surface area contributed by atoms with Crippen LogP contribution >= 0.6 is 0 Å². The molecule has 23 heavy (non-hydrogen) atoms. The summed E-state index contributed by atoms with van der Waals surface area (Å²) >= 11 is 0. The van der Waals surface area contributed by atoms with Crippen molar-refractivity contribution in [3.8, 4) is 5.75 Å². The highest BCUT2D eigenvalue weighted by molar-refractivity contribution is 5.58. The summed E-state index contributed by atoms with van der Waals surface area (Å²) in [6.45, 7) is 4.83. The van der Waals surface area contributed by atoms with E-state index in [-0.39, 0.29) is 0 Å². The second-order valence-corrected chi connectivity index (χ2v) is 6.67. The van der Waals surface area contributed by atoms with Crippen molar-refractivity contribution in [1.82, 2.24) is 4.90 Å². The zero-order valence-corrected chi connectivity index (χ0v) is 13.9. The molecule has 1 saturated carbocycles. The maximum atomic E-state index is 9.70. The molecule has 1 atom stereocenters. The minimum atomic E-state index is -0.417. The molecule has 1 aliphatic carbocycles. The van der Waals surface area contributed by atoms with E-state index in [1.807, 2.05) is 0 Å². The maximum absolute atomic E-state index is 9.70. The zero-order valence-electron chi connectivity index (χ0n) is 13.9. The first-order valence-electron chi connectivity index (χ1n) is 8.87. The number of piperazine rings is 1. The molecule has 3 rings (SSSR count). The van der Waals surface area contributed by atoms with Crippen LogP contribution in [-0.2, 0) is 0 Å². The summed E-state index contributed by atoms with van der Waals surface area (Å²) in [5.41, 5.74) is 6.71. The fourth-order valence-corrected chi connectivity index (χ4v) is 3.55. The van der Waals surface area contributed by atoms with Crippen LogP contribution in [0.3, 0.4) is 0 Å². The fraction of sp³-hybridized carbons (Fsp3) is 0.667. The summed E-state index contributed by atoms with van der Waals surface area (Å²) < 4.78 is 6.26. The van der Waals surface area contributed by atoms with Crippen molar-refractivity contribution in [2.24, 2.45) is 5.73 Å². The average molecular weight is 319 g/mol. The Kier molecular flexibility index (Phi) is 5.75. The van der Waals surface area contributed by atoms with Crippen LogP contribution in [0.1, 0.15) is 25.7 Å². The molecule has 5 nitrogen and oxygen atoms in total. The highest BCUT2D eigenvalue weighted by atomic mass is 16.5. The topological polar surface area (TPSA) is 62.0 Å². The summed E-state index contributed by atoms with van der Waals surface area (Å²) in [4.78, 5) is 4.68. The Morgan fingerprint density at radius 1 is 1.13 bits per heavy atom. The van der Waals surface area contributed by atoms with Gasteiger partial charge in [0.05, 0.1) is 17.9 Å². The molecule has 1 unspecified atom stereocenters. The number of ether oxygens (including phenoxy) is 1. The molecule has 0 amide bonds. The number of hydrogen-bond donors (Lipinski definition) is 2. The van der Waals surface area contributed by atoms with Crippen molar-refractivity contribution in [1.29, 1.82) is 0 Å². The standard InChI is InChI=1S/C18H29N3O2/c19-13-15(22)14-20-9-11-21(12-10-20)17-7-3-4-8-18(17)23-16-5-1-2-6-16/h3-4,7-8,15-16,22H,1-2,5-6,9-14,19H2. The summed E-state index contributed by atoms with van der Waals surface area (Å²) in [5, 5.41) is 9.70. The van der Waals surface area contributed by atoms with Crippen LogP contribution in [0.15, 0.2) is 24.3 Å². The Morgan fingerprint density at radius 2 is 1.83 bits per heavy atom. The van der Waals surface area contributed by atoms with E-state index in [1.165, 1.54) is 31.4 Å². The first kappa shape index (κ1) is 16.6. The first-order chi connectivity index (χ1) is 11.3. The van der Waals surface area contributed by atoms with Crippen LogP contribution in [0.4, 0.5) is 5.69 Å². The lowest BCUT2D eigenvalue weighted by atomic mass is 10.2. The number of aliphatic hydroxyl groups is 1. The number of para-hydroxylation sites is 2. The third kappa shape index (κ3) is 4.37. The van der Waals surface area contributed by atoms with E-state index < -0.39 is 6.10 Å². The Morgan fingerprint density at radius 3 is 2.52 bits per heavy atom. The van der Waals surface area contributed by atoms with Crippen LogP contribution in [0.5, 0.6) is 5.75 Å². The third-order valence-corrected chi connectivity index (χ3v) is 4.92. The second-order valence-electron chi connectivity index (χ2n) is 6.67. The molecule has 2 aliphatic rings. The maximum Gasteiger partial charge on any atom is 0.143 e. The molecule has 3 N–H and O–H groups in total. The van der Waals surface area contributed by atoms with Gasteiger partial charge in [0.25, 0.3) is 0 Å². The lowest BCUT2D eigenvalue weighted by Crippen LogP contribution is -2.49. The quantitative estimate of drug-likeness (QED) is 0.831. The summed E-state index contributed by atoms with van der Waals surface area (Å²) in [6.07, 6.45) is 4.90. The van der Waals surface area contributed by atoms with Gasteiger partial charge in [-0.3, -0.25) is 4.90 Å². The van der Waals surface area contributed by atoms with E-state index in [9.17, 15) is 5.11 Å². The summed E-state index contributed by atoms with van der Waals surface area (Å²) in [6, 6.07) is 8.40. The van der Waals surface area contributed by atoms with Crippen molar-refractivity contribution < 1.29 is 9.84 Å². The lowest BCUT2D eigenvalue weighted by Gasteiger charge is -2.37. The molecule has 1 heterocycles. The number of nitrogens with two attached hydrogens (primary N) is 1. The van der Waals surface area contributed by atoms with E-state index >= 15 is 0 Å². The molecule has 0 spiro atoms. The van der Waals surface area contributed by atoms with Crippen molar-refractivity contribution in [3.63, 3.8) is 0 Å². The molecule has 1 aromatic rings. The van der Waals surface area contributed by atoms with Gasteiger partial charge < -0.3 is 20.5 Å². The number of β-amino-alcohol motifs (C(OH)–C–C–N with tert-alkyl or cyclic N) is 1. The Bertz CT molecular complexity index is 483. The molecule has 0 aromatic heterocycles. The summed E-state index contributed by atoms with van der Waals surface area (Å²) in [5.74, 6) is 1.02. The normalized spacial score (nSPS) is 21.6. The van der Waals surface area contributed by atoms with Crippen LogP contribution in [0, 0.1) is 0 Å². The van der Waals surface area contributed by atoms with Crippen molar-refractivity contribution in [2.75, 3.05) is 44.2 Å². The zero-order chi connectivity index (χ0) is 16.1. The van der Waals surface area contributed by atoms with E-state index in [0.717, 1.165) is 31.9 Å². The summed E-state index contributed by atoms with van der Waals surface area (Å²) in [7, 11) is 0. The van der Waals surface area contributed by atoms with Gasteiger partial charge in [0.15, 0.2) is 0 Å². The monoisotopic (exact) mass is 319 g/mol. The predicted octanol–water partition coefficient (Wildman–Crippen LogP) is 1.45. The number of aliphatic hydroxyl groups excluding tert-OH is 1. The van der Waals surface area contributed by atoms with Gasteiger partial charge in [-0.1, -0.05) is 12.1 Å². The Balaban J connectivity index is 1.59. The molecule has 128 valence electrons. The van der Waals surface area contributed by atoms with Crippen LogP contribution in [0.2, 0.25) is 0 Å². The van der Waals surface area contributed by atoms with Gasteiger partial charge >= 0.3 is 0 Å². The van der Waals surface area contributed by atoms with Gasteiger partial charge in [-0.2, -0.15) is 0 Å². The third-order valence-electron chi connectivity index (χ3n) is 4.92. The first-order valence-corrected chi connectivity index (χ1v) is 8.87.